The molecule has 170 valence electrons. The van der Waals surface area contributed by atoms with E-state index in [1.165, 1.54) is 42.5 Å². The van der Waals surface area contributed by atoms with Gasteiger partial charge in [-0.2, -0.15) is 5.10 Å². The van der Waals surface area contributed by atoms with Crippen LogP contribution in [0, 0.1) is 0 Å². The Kier molecular flexibility index (Phi) is 7.70. The van der Waals surface area contributed by atoms with Gasteiger partial charge < -0.3 is 5.11 Å². The smallest absolute Gasteiger partial charge is 0.336 e. The highest BCUT2D eigenvalue weighted by atomic mass is 35.5. The lowest BCUT2D eigenvalue weighted by Crippen LogP contribution is -2.39. The van der Waals surface area contributed by atoms with E-state index in [0.29, 0.717) is 0 Å². The lowest BCUT2D eigenvalue weighted by Gasteiger charge is -2.24. The molecule has 0 aliphatic rings. The molecule has 3 aromatic carbocycles. The highest BCUT2D eigenvalue weighted by molar-refractivity contribution is 7.92. The van der Waals surface area contributed by atoms with E-state index in [1.54, 1.807) is 30.3 Å². The lowest BCUT2D eigenvalue weighted by atomic mass is 10.1. The van der Waals surface area contributed by atoms with Gasteiger partial charge in [-0.15, -0.1) is 0 Å². The van der Waals surface area contributed by atoms with Gasteiger partial charge in [-0.25, -0.2) is 18.6 Å². The molecule has 0 aliphatic carbocycles. The first-order valence-corrected chi connectivity index (χ1v) is 11.6. The monoisotopic (exact) mass is 505 g/mol. The first-order valence-electron chi connectivity index (χ1n) is 9.38. The number of carbonyl (C=O) groups is 2. The molecule has 0 atom stereocenters. The number of amides is 1. The topological polar surface area (TPSA) is 116 Å². The number of halogens is 2. The van der Waals surface area contributed by atoms with Gasteiger partial charge in [0.05, 0.1) is 32.4 Å². The maximum absolute atomic E-state index is 13.3. The van der Waals surface area contributed by atoms with Crippen LogP contribution in [0.25, 0.3) is 0 Å². The SMILES string of the molecule is O=C(CN(c1cccc(Cl)c1Cl)S(=O)(=O)c1ccccc1)N/N=C/c1ccccc1C(=O)O. The van der Waals surface area contributed by atoms with Crippen LogP contribution in [0.2, 0.25) is 10.0 Å². The van der Waals surface area contributed by atoms with Crippen LogP contribution in [-0.4, -0.2) is 38.2 Å². The molecule has 1 amide bonds. The molecule has 0 aliphatic heterocycles. The molecule has 2 N–H and O–H groups in total. The summed E-state index contributed by atoms with van der Waals surface area (Å²) in [5.41, 5.74) is 2.48. The van der Waals surface area contributed by atoms with Gasteiger partial charge in [-0.05, 0) is 30.3 Å². The van der Waals surface area contributed by atoms with E-state index in [-0.39, 0.29) is 31.8 Å². The Labute approximate surface area is 200 Å². The van der Waals surface area contributed by atoms with Crippen LogP contribution in [0.15, 0.2) is 82.8 Å². The second-order valence-corrected chi connectivity index (χ2v) is 9.23. The number of carboxylic acids is 1. The van der Waals surface area contributed by atoms with E-state index >= 15 is 0 Å². The Balaban J connectivity index is 1.89. The number of hydrogen-bond donors (Lipinski definition) is 2. The number of nitrogens with zero attached hydrogens (tertiary/aromatic N) is 2. The summed E-state index contributed by atoms with van der Waals surface area (Å²) in [5.74, 6) is -1.94. The van der Waals surface area contributed by atoms with Crippen molar-refractivity contribution in [2.24, 2.45) is 5.10 Å². The molecule has 0 bridgehead atoms. The number of carboxylic acid groups (broad SMARTS) is 1. The molecular formula is C22H17Cl2N3O5S. The summed E-state index contributed by atoms with van der Waals surface area (Å²) in [7, 11) is -4.18. The second kappa shape index (κ2) is 10.5. The maximum atomic E-state index is 13.3. The fraction of sp³-hybridized carbons (Fsp3) is 0.0455. The van der Waals surface area contributed by atoms with Gasteiger partial charge in [0.15, 0.2) is 0 Å². The fourth-order valence-corrected chi connectivity index (χ4v) is 4.75. The molecule has 11 heteroatoms. The summed E-state index contributed by atoms with van der Waals surface area (Å²) in [6.07, 6.45) is 1.16. The third-order valence-electron chi connectivity index (χ3n) is 4.40. The molecule has 0 heterocycles. The fourth-order valence-electron chi connectivity index (χ4n) is 2.85. The molecule has 0 saturated carbocycles. The Morgan fingerprint density at radius 1 is 0.970 bits per heavy atom. The standard InChI is InChI=1S/C22H17Cl2N3O5S/c23-18-11-6-12-19(21(18)24)27(33(31,32)16-8-2-1-3-9-16)14-20(28)26-25-13-15-7-4-5-10-17(15)22(29)30/h1-13H,14H2,(H,26,28)(H,29,30)/b25-13+. The number of hydrogen-bond acceptors (Lipinski definition) is 5. The molecular weight excluding hydrogens is 489 g/mol. The predicted molar refractivity (Wildman–Crippen MR) is 127 cm³/mol. The number of carbonyl (C=O) groups excluding carboxylic acids is 1. The second-order valence-electron chi connectivity index (χ2n) is 6.58. The maximum Gasteiger partial charge on any atom is 0.336 e. The van der Waals surface area contributed by atoms with E-state index in [1.807, 2.05) is 0 Å². The van der Waals surface area contributed by atoms with Gasteiger partial charge in [-0.1, -0.05) is 65.7 Å². The highest BCUT2D eigenvalue weighted by Crippen LogP contribution is 2.35. The first-order chi connectivity index (χ1) is 15.7. The van der Waals surface area contributed by atoms with Crippen LogP contribution in [0.4, 0.5) is 5.69 Å². The Hall–Kier alpha value is -3.40. The summed E-state index contributed by atoms with van der Waals surface area (Å²) < 4.78 is 27.4. The third kappa shape index (κ3) is 5.70. The van der Waals surface area contributed by atoms with Crippen LogP contribution in [0.5, 0.6) is 0 Å². The van der Waals surface area contributed by atoms with Crippen molar-refractivity contribution in [3.05, 3.63) is 94.0 Å². The number of hydrazone groups is 1. The molecule has 0 radical (unpaired) electrons. The Morgan fingerprint density at radius 3 is 2.33 bits per heavy atom. The van der Waals surface area contributed by atoms with E-state index in [2.05, 4.69) is 10.5 Å². The van der Waals surface area contributed by atoms with Crippen molar-refractivity contribution >= 4 is 57.0 Å². The summed E-state index contributed by atoms with van der Waals surface area (Å²) >= 11 is 12.3. The number of anilines is 1. The van der Waals surface area contributed by atoms with Crippen LogP contribution in [-0.2, 0) is 14.8 Å². The number of benzene rings is 3. The van der Waals surface area contributed by atoms with Crippen LogP contribution >= 0.6 is 23.2 Å². The largest absolute Gasteiger partial charge is 0.478 e. The van der Waals surface area contributed by atoms with Crippen molar-refractivity contribution in [2.75, 3.05) is 10.8 Å². The molecule has 0 aromatic heterocycles. The molecule has 3 rings (SSSR count). The summed E-state index contributed by atoms with van der Waals surface area (Å²) in [6, 6.07) is 18.0. The highest BCUT2D eigenvalue weighted by Gasteiger charge is 2.29. The third-order valence-corrected chi connectivity index (χ3v) is 6.99. The zero-order chi connectivity index (χ0) is 24.0. The van der Waals surface area contributed by atoms with E-state index in [4.69, 9.17) is 23.2 Å². The predicted octanol–water partition coefficient (Wildman–Crippen LogP) is 4.04. The van der Waals surface area contributed by atoms with Gasteiger partial charge in [0.1, 0.15) is 6.54 Å². The van der Waals surface area contributed by atoms with Gasteiger partial charge in [0.2, 0.25) is 0 Å². The average Bonchev–Trinajstić information content (AvgIpc) is 2.80. The molecule has 0 saturated heterocycles. The Morgan fingerprint density at radius 2 is 1.64 bits per heavy atom. The molecule has 3 aromatic rings. The van der Waals surface area contributed by atoms with E-state index < -0.39 is 28.4 Å². The zero-order valence-electron chi connectivity index (χ0n) is 16.9. The van der Waals surface area contributed by atoms with Crippen LogP contribution in [0.3, 0.4) is 0 Å². The van der Waals surface area contributed by atoms with Gasteiger partial charge >= 0.3 is 5.97 Å². The first kappa shape index (κ1) is 24.2. The van der Waals surface area contributed by atoms with Gasteiger partial charge in [0.25, 0.3) is 15.9 Å². The van der Waals surface area contributed by atoms with Crippen LogP contribution in [0.1, 0.15) is 15.9 Å². The van der Waals surface area contributed by atoms with Crippen molar-refractivity contribution in [1.82, 2.24) is 5.43 Å². The van der Waals surface area contributed by atoms with Crippen molar-refractivity contribution < 1.29 is 23.1 Å². The minimum absolute atomic E-state index is 0.00510. The molecule has 0 unspecified atom stereocenters. The summed E-state index contributed by atoms with van der Waals surface area (Å²) in [5, 5.41) is 13.1. The minimum atomic E-state index is -4.18. The van der Waals surface area contributed by atoms with Gasteiger partial charge in [0, 0.05) is 5.56 Å². The van der Waals surface area contributed by atoms with Crippen molar-refractivity contribution in [3.8, 4) is 0 Å². The average molecular weight is 506 g/mol. The Bertz CT molecular complexity index is 1310. The van der Waals surface area contributed by atoms with Crippen molar-refractivity contribution in [1.29, 1.82) is 0 Å². The zero-order valence-corrected chi connectivity index (χ0v) is 19.2. The summed E-state index contributed by atoms with van der Waals surface area (Å²) in [4.78, 5) is 23.8. The van der Waals surface area contributed by atoms with Crippen molar-refractivity contribution in [3.63, 3.8) is 0 Å². The number of rotatable bonds is 8. The summed E-state index contributed by atoms with van der Waals surface area (Å²) in [6.45, 7) is -0.658. The van der Waals surface area contributed by atoms with E-state index in [9.17, 15) is 23.1 Å². The molecule has 8 nitrogen and oxygen atoms in total. The minimum Gasteiger partial charge on any atom is -0.478 e. The van der Waals surface area contributed by atoms with E-state index in [0.717, 1.165) is 10.5 Å². The number of aromatic carboxylic acids is 1. The molecule has 0 spiro atoms. The van der Waals surface area contributed by atoms with Crippen LogP contribution < -0.4 is 9.73 Å². The number of sulfonamides is 1. The molecule has 0 fully saturated rings. The van der Waals surface area contributed by atoms with Crippen molar-refractivity contribution in [2.45, 2.75) is 4.90 Å². The van der Waals surface area contributed by atoms with Gasteiger partial charge in [-0.3, -0.25) is 9.10 Å². The molecule has 33 heavy (non-hydrogen) atoms. The normalized spacial score (nSPS) is 11.3. The number of nitrogens with one attached hydrogen (secondary N) is 1. The lowest BCUT2D eigenvalue weighted by molar-refractivity contribution is -0.119. The quantitative estimate of drug-likeness (QED) is 0.354.